The molecule has 0 aliphatic heterocycles. The number of nitrogens with one attached hydrogen (secondary N) is 1. The van der Waals surface area contributed by atoms with Crippen LogP contribution in [0.15, 0.2) is 48.5 Å². The van der Waals surface area contributed by atoms with Crippen LogP contribution in [0, 0.1) is 5.82 Å². The highest BCUT2D eigenvalue weighted by Crippen LogP contribution is 2.33. The Morgan fingerprint density at radius 3 is 2.39 bits per heavy atom. The van der Waals surface area contributed by atoms with Gasteiger partial charge >= 0.3 is 6.18 Å². The molecule has 5 nitrogen and oxygen atoms in total. The van der Waals surface area contributed by atoms with E-state index in [0.29, 0.717) is 15.3 Å². The standard InChI is InChI=1S/C18H13ClF4N4O/c1-10(13-4-2-3-5-14(13)19)24-17(28)15-16(18(21,22)23)27(26-25-15)12-8-6-11(20)7-9-12/h2-10H,1H3,(H,24,28). The van der Waals surface area contributed by atoms with E-state index in [0.717, 1.165) is 24.3 Å². The number of carbonyl (C=O) groups excluding carboxylic acids is 1. The summed E-state index contributed by atoms with van der Waals surface area (Å²) in [5.41, 5.74) is -1.80. The summed E-state index contributed by atoms with van der Waals surface area (Å²) in [5.74, 6) is -1.68. The summed E-state index contributed by atoms with van der Waals surface area (Å²) in [7, 11) is 0. The van der Waals surface area contributed by atoms with Crippen LogP contribution in [0.5, 0.6) is 0 Å². The summed E-state index contributed by atoms with van der Waals surface area (Å²) in [6, 6.07) is 10.1. The molecule has 1 atom stereocenters. The molecule has 0 spiro atoms. The van der Waals surface area contributed by atoms with E-state index in [4.69, 9.17) is 11.6 Å². The quantitative estimate of drug-likeness (QED) is 0.639. The van der Waals surface area contributed by atoms with Gasteiger partial charge in [0, 0.05) is 5.02 Å². The second-order valence-corrected chi connectivity index (χ2v) is 6.30. The second-order valence-electron chi connectivity index (χ2n) is 5.89. The Morgan fingerprint density at radius 1 is 1.14 bits per heavy atom. The van der Waals surface area contributed by atoms with Crippen molar-refractivity contribution in [1.29, 1.82) is 0 Å². The Balaban J connectivity index is 1.96. The van der Waals surface area contributed by atoms with E-state index >= 15 is 0 Å². The smallest absolute Gasteiger partial charge is 0.344 e. The average molecular weight is 413 g/mol. The molecule has 0 radical (unpaired) electrons. The van der Waals surface area contributed by atoms with E-state index in [2.05, 4.69) is 15.6 Å². The summed E-state index contributed by atoms with van der Waals surface area (Å²) in [5, 5.41) is 9.65. The molecule has 1 unspecified atom stereocenters. The second kappa shape index (κ2) is 7.59. The number of aromatic nitrogens is 3. The summed E-state index contributed by atoms with van der Waals surface area (Å²) in [6.07, 6.45) is -4.92. The molecule has 1 heterocycles. The Morgan fingerprint density at radius 2 is 1.79 bits per heavy atom. The molecule has 10 heteroatoms. The van der Waals surface area contributed by atoms with Crippen LogP contribution >= 0.6 is 11.6 Å². The lowest BCUT2D eigenvalue weighted by Crippen LogP contribution is -2.29. The van der Waals surface area contributed by atoms with Crippen LogP contribution in [0.4, 0.5) is 17.6 Å². The summed E-state index contributed by atoms with van der Waals surface area (Å²) < 4.78 is 54.4. The minimum Gasteiger partial charge on any atom is -0.344 e. The maximum absolute atomic E-state index is 13.6. The van der Waals surface area contributed by atoms with E-state index in [1.165, 1.54) is 0 Å². The number of amides is 1. The van der Waals surface area contributed by atoms with Crippen molar-refractivity contribution in [2.45, 2.75) is 19.1 Å². The van der Waals surface area contributed by atoms with E-state index in [9.17, 15) is 22.4 Å². The molecule has 3 rings (SSSR count). The minimum absolute atomic E-state index is 0.0839. The van der Waals surface area contributed by atoms with Crippen molar-refractivity contribution in [3.8, 4) is 5.69 Å². The van der Waals surface area contributed by atoms with E-state index in [-0.39, 0.29) is 5.69 Å². The van der Waals surface area contributed by atoms with Crippen molar-refractivity contribution in [3.05, 3.63) is 76.3 Å². The van der Waals surface area contributed by atoms with Gasteiger partial charge in [0.05, 0.1) is 11.7 Å². The predicted molar refractivity (Wildman–Crippen MR) is 93.7 cm³/mol. The zero-order valence-corrected chi connectivity index (χ0v) is 15.1. The van der Waals surface area contributed by atoms with Gasteiger partial charge in [-0.25, -0.2) is 9.07 Å². The molecular formula is C18H13ClF4N4O. The van der Waals surface area contributed by atoms with Gasteiger partial charge in [0.25, 0.3) is 5.91 Å². The third-order valence-corrected chi connectivity index (χ3v) is 4.29. The van der Waals surface area contributed by atoms with E-state index in [1.807, 2.05) is 0 Å². The van der Waals surface area contributed by atoms with Gasteiger partial charge in [0.2, 0.25) is 0 Å². The minimum atomic E-state index is -4.92. The molecule has 0 aliphatic rings. The first kappa shape index (κ1) is 19.8. The lowest BCUT2D eigenvalue weighted by molar-refractivity contribution is -0.143. The molecule has 1 amide bonds. The van der Waals surface area contributed by atoms with Crippen LogP contribution in [-0.2, 0) is 6.18 Å². The Hall–Kier alpha value is -2.94. The highest BCUT2D eigenvalue weighted by Gasteiger charge is 2.42. The molecule has 0 fully saturated rings. The lowest BCUT2D eigenvalue weighted by Gasteiger charge is -2.16. The van der Waals surface area contributed by atoms with Crippen LogP contribution in [0.3, 0.4) is 0 Å². The summed E-state index contributed by atoms with van der Waals surface area (Å²) in [4.78, 5) is 12.5. The van der Waals surface area contributed by atoms with Gasteiger partial charge in [0.15, 0.2) is 11.4 Å². The molecule has 28 heavy (non-hydrogen) atoms. The SMILES string of the molecule is CC(NC(=O)c1nnn(-c2ccc(F)cc2)c1C(F)(F)F)c1ccccc1Cl. The molecule has 2 aromatic carbocycles. The fourth-order valence-corrected chi connectivity index (χ4v) is 2.92. The Labute approximate surface area is 161 Å². The van der Waals surface area contributed by atoms with Crippen LogP contribution in [0.1, 0.15) is 34.7 Å². The number of hydrogen-bond donors (Lipinski definition) is 1. The van der Waals surface area contributed by atoms with Gasteiger partial charge in [-0.15, -0.1) is 5.10 Å². The van der Waals surface area contributed by atoms with Crippen molar-refractivity contribution < 1.29 is 22.4 Å². The summed E-state index contributed by atoms with van der Waals surface area (Å²) >= 11 is 6.06. The van der Waals surface area contributed by atoms with Gasteiger partial charge in [-0.1, -0.05) is 35.0 Å². The number of hydrogen-bond acceptors (Lipinski definition) is 3. The molecule has 0 aliphatic carbocycles. The predicted octanol–water partition coefficient (Wildman–Crippen LogP) is 4.57. The fraction of sp³-hybridized carbons (Fsp3) is 0.167. The van der Waals surface area contributed by atoms with Crippen molar-refractivity contribution in [2.24, 2.45) is 0 Å². The molecular weight excluding hydrogens is 400 g/mol. The number of benzene rings is 2. The highest BCUT2D eigenvalue weighted by molar-refractivity contribution is 6.31. The monoisotopic (exact) mass is 412 g/mol. The highest BCUT2D eigenvalue weighted by atomic mass is 35.5. The maximum atomic E-state index is 13.6. The fourth-order valence-electron chi connectivity index (χ4n) is 2.62. The van der Waals surface area contributed by atoms with Crippen molar-refractivity contribution >= 4 is 17.5 Å². The van der Waals surface area contributed by atoms with Crippen LogP contribution < -0.4 is 5.32 Å². The van der Waals surface area contributed by atoms with Crippen LogP contribution in [0.2, 0.25) is 5.02 Å². The Kier molecular flexibility index (Phi) is 5.37. The number of alkyl halides is 3. The molecule has 146 valence electrons. The molecule has 3 aromatic rings. The first-order chi connectivity index (χ1) is 13.2. The first-order valence-electron chi connectivity index (χ1n) is 8.02. The van der Waals surface area contributed by atoms with Crippen molar-refractivity contribution in [3.63, 3.8) is 0 Å². The van der Waals surface area contributed by atoms with Crippen molar-refractivity contribution in [1.82, 2.24) is 20.3 Å². The number of carbonyl (C=O) groups is 1. The molecule has 0 saturated carbocycles. The third-order valence-electron chi connectivity index (χ3n) is 3.94. The number of halogens is 5. The molecule has 1 aromatic heterocycles. The first-order valence-corrected chi connectivity index (χ1v) is 8.40. The molecule has 1 N–H and O–H groups in total. The molecule has 0 saturated heterocycles. The van der Waals surface area contributed by atoms with E-state index < -0.39 is 35.3 Å². The number of rotatable bonds is 4. The van der Waals surface area contributed by atoms with Gasteiger partial charge in [-0.3, -0.25) is 4.79 Å². The van der Waals surface area contributed by atoms with E-state index in [1.54, 1.807) is 31.2 Å². The Bertz CT molecular complexity index is 1000. The van der Waals surface area contributed by atoms with Crippen LogP contribution in [-0.4, -0.2) is 20.9 Å². The zero-order chi connectivity index (χ0) is 20.5. The third kappa shape index (κ3) is 3.99. The zero-order valence-electron chi connectivity index (χ0n) is 14.3. The van der Waals surface area contributed by atoms with Crippen molar-refractivity contribution in [2.75, 3.05) is 0 Å². The van der Waals surface area contributed by atoms with Crippen LogP contribution in [0.25, 0.3) is 5.69 Å². The normalized spacial score (nSPS) is 12.6. The van der Waals surface area contributed by atoms with Gasteiger partial charge in [0.1, 0.15) is 5.82 Å². The average Bonchev–Trinajstić information content (AvgIpc) is 3.08. The number of nitrogens with zero attached hydrogens (tertiary/aromatic N) is 3. The topological polar surface area (TPSA) is 59.8 Å². The largest absolute Gasteiger partial charge is 0.435 e. The molecule has 0 bridgehead atoms. The van der Waals surface area contributed by atoms with Gasteiger partial charge in [-0.2, -0.15) is 13.2 Å². The van der Waals surface area contributed by atoms with Gasteiger partial charge in [-0.05, 0) is 42.8 Å². The summed E-state index contributed by atoms with van der Waals surface area (Å²) in [6.45, 7) is 1.58. The van der Waals surface area contributed by atoms with Gasteiger partial charge < -0.3 is 5.32 Å². The lowest BCUT2D eigenvalue weighted by atomic mass is 10.1. The maximum Gasteiger partial charge on any atom is 0.435 e.